The molecule has 1 saturated heterocycles. The van der Waals surface area contributed by atoms with Crippen LogP contribution in [-0.2, 0) is 32.6 Å². The lowest BCUT2D eigenvalue weighted by Gasteiger charge is -2.60. The number of hydrogen-bond donors (Lipinski definition) is 1. The van der Waals surface area contributed by atoms with Crippen LogP contribution in [0.4, 0.5) is 4.79 Å². The zero-order chi connectivity index (χ0) is 46.4. The van der Waals surface area contributed by atoms with Crippen LogP contribution in [0.2, 0.25) is 0 Å². The van der Waals surface area contributed by atoms with E-state index < -0.39 is 151 Å². The summed E-state index contributed by atoms with van der Waals surface area (Å²) >= 11 is 0. The molecule has 3 aliphatic carbocycles. The molecule has 9 nitrogen and oxygen atoms in total. The Balaban J connectivity index is 2.17. The average molecular weight is 1400 g/mol. The lowest BCUT2D eigenvalue weighted by molar-refractivity contribution is -0.157. The first-order valence-corrected chi connectivity index (χ1v) is 69.5. The average Bonchev–Trinajstić information content (AvgIpc) is 3.46. The fourth-order valence-electron chi connectivity index (χ4n) is 8.32. The van der Waals surface area contributed by atoms with Crippen LogP contribution < -0.4 is 0 Å². The molecular formula is C22H60O9P30. The van der Waals surface area contributed by atoms with Gasteiger partial charge < -0.3 is 32.9 Å². The lowest BCUT2D eigenvalue weighted by atomic mass is 9.49. The highest BCUT2D eigenvalue weighted by molar-refractivity contribution is 9.19. The van der Waals surface area contributed by atoms with Crippen molar-refractivity contribution < 1.29 is 42.5 Å². The number of fused-ring (bicyclic) bond motifs is 3. The van der Waals surface area contributed by atoms with Crippen LogP contribution in [0.3, 0.4) is 0 Å². The van der Waals surface area contributed by atoms with E-state index in [0.717, 1.165) is 11.1 Å². The molecular weight excluding hydrogens is 1340 g/mol. The number of esters is 1. The van der Waals surface area contributed by atoms with Crippen LogP contribution in [0, 0.1) is 16.7 Å². The van der Waals surface area contributed by atoms with Gasteiger partial charge in [0.25, 0.3) is 0 Å². The Hall–Kier alpha value is 10.8. The second-order valence-corrected chi connectivity index (χ2v) is 122. The Morgan fingerprint density at radius 3 is 1.75 bits per heavy atom. The van der Waals surface area contributed by atoms with Crippen molar-refractivity contribution in [1.82, 2.24) is 0 Å². The molecule has 4 aliphatic rings. The normalized spacial score (nSPS) is 31.4. The molecule has 1 aliphatic heterocycles. The first-order chi connectivity index (χ1) is 28.1. The SMILES string of the molecule is COC(=O)C1=C(O)[C@H]2[C@@H]3OC(=O)O[C@]34C[C@H](OP(P(P)P(P)P)P(P(P)P)P(P)P)C(C)=C([C@H](OP(P(P)P)P(PP)P(P)P)C[C@]2(C)[C@@H](OP(P(P)P)P(P)P)C1)C4(C)C. The van der Waals surface area contributed by atoms with Crippen molar-refractivity contribution in [1.29, 1.82) is 0 Å². The van der Waals surface area contributed by atoms with Gasteiger partial charge in [0, 0.05) is 44.6 Å². The van der Waals surface area contributed by atoms with E-state index in [0.29, 0.717) is 20.8 Å². The maximum absolute atomic E-state index is 14.1. The second-order valence-electron chi connectivity index (χ2n) is 14.7. The Morgan fingerprint density at radius 1 is 0.754 bits per heavy atom. The number of methoxy groups -OCH3 is 1. The van der Waals surface area contributed by atoms with Crippen molar-refractivity contribution >= 4 is 255 Å². The minimum atomic E-state index is -1.31. The Labute approximate surface area is 417 Å². The smallest absolute Gasteiger partial charge is 0.509 e. The van der Waals surface area contributed by atoms with Gasteiger partial charge in [-0.15, -0.1) is 134 Å². The van der Waals surface area contributed by atoms with Crippen molar-refractivity contribution in [3.63, 3.8) is 0 Å². The first-order valence-electron chi connectivity index (χ1n) is 17.3. The van der Waals surface area contributed by atoms with E-state index in [1.807, 2.05) is 0 Å². The molecule has 0 amide bonds. The number of rotatable bonds is 18. The fraction of sp³-hybridized carbons (Fsp3) is 0.727. The quantitative estimate of drug-likeness (QED) is 0.0815. The summed E-state index contributed by atoms with van der Waals surface area (Å²) in [6, 6.07) is 0. The highest BCUT2D eigenvalue weighted by atomic mass is 33.2. The monoisotopic (exact) mass is 1400 g/mol. The predicted molar refractivity (Wildman–Crippen MR) is 356 cm³/mol. The summed E-state index contributed by atoms with van der Waals surface area (Å²) in [5, 5.41) is 12.7. The van der Waals surface area contributed by atoms with E-state index in [9.17, 15) is 14.7 Å². The van der Waals surface area contributed by atoms with Gasteiger partial charge in [-0.1, -0.05) is 37.7 Å². The molecule has 2 fully saturated rings. The van der Waals surface area contributed by atoms with Crippen LogP contribution in [0.5, 0.6) is 0 Å². The minimum absolute atomic E-state index is 0.126. The van der Waals surface area contributed by atoms with Gasteiger partial charge in [-0.2, -0.15) is 0 Å². The topological polar surface area (TPSA) is 110 Å². The number of carbonyl (C=O) groups is 2. The van der Waals surface area contributed by atoms with Crippen molar-refractivity contribution in [3.8, 4) is 0 Å². The molecule has 1 spiro atoms. The maximum Gasteiger partial charge on any atom is 0.509 e. The standard InChI is InChI=1S/C22H60O9P30/c1-9-11(29-51(59(47)55(39)40)61(57(43)44)58(45)46)8-22-17(27-19(25)28-22)15-16(23)10(18(24)26-5)6-13(31-49(52(33)34)53(35)36)21(15,4)7-12(14(9)20(22,2)3)30-50(54(37)38)60(48-32)56(41)42/h11-13,15,17,23,48H,6-8,32-47H2,1-5H3/t11-,12+,13-,15-,17-,21+,22+,50?,51?,59?,60?/m0/s1. The Bertz CT molecular complexity index is 1620. The van der Waals surface area contributed by atoms with Crippen LogP contribution >= 0.6 is 243 Å². The summed E-state index contributed by atoms with van der Waals surface area (Å²) < 4.78 is 41.5. The zero-order valence-corrected chi connectivity index (χ0v) is 64.9. The lowest BCUT2D eigenvalue weighted by Crippen LogP contribution is -2.67. The van der Waals surface area contributed by atoms with E-state index in [1.165, 1.54) is 7.11 Å². The molecule has 21 unspecified atom stereocenters. The first kappa shape index (κ1) is 64.3. The fourth-order valence-corrected chi connectivity index (χ4v) is 203. The minimum Gasteiger partial charge on any atom is -0.511 e. The van der Waals surface area contributed by atoms with Crippen LogP contribution in [-0.4, -0.2) is 54.4 Å². The molecule has 2 bridgehead atoms. The number of carbonyl (C=O) groups excluding carboxylic acids is 2. The summed E-state index contributed by atoms with van der Waals surface area (Å²) in [6.07, 6.45) is -2.29. The maximum atomic E-state index is 14.1. The molecule has 0 aromatic heterocycles. The summed E-state index contributed by atoms with van der Waals surface area (Å²) in [5.74, 6) is -1.63. The predicted octanol–water partition coefficient (Wildman–Crippen LogP) is 20.0. The van der Waals surface area contributed by atoms with Gasteiger partial charge in [0.2, 0.25) is 0 Å². The van der Waals surface area contributed by atoms with Gasteiger partial charge in [-0.3, -0.25) is 0 Å². The summed E-state index contributed by atoms with van der Waals surface area (Å²) in [4.78, 5) is 27.9. The highest BCUT2D eigenvalue weighted by Crippen LogP contribution is 3.18. The van der Waals surface area contributed by atoms with Gasteiger partial charge in [-0.25, -0.2) is 9.59 Å². The summed E-state index contributed by atoms with van der Waals surface area (Å²) in [5.41, 5.74) is -0.697. The Kier molecular flexibility index (Phi) is 29.6. The molecule has 0 radical (unpaired) electrons. The third-order valence-corrected chi connectivity index (χ3v) is 151. The summed E-state index contributed by atoms with van der Waals surface area (Å²) in [6.45, 7) is 3.13. The second kappa shape index (κ2) is 28.1. The van der Waals surface area contributed by atoms with Crippen LogP contribution in [0.25, 0.3) is 0 Å². The van der Waals surface area contributed by atoms with Crippen LogP contribution in [0.15, 0.2) is 22.5 Å². The van der Waals surface area contributed by atoms with Crippen LogP contribution in [0.1, 0.15) is 47.0 Å². The summed E-state index contributed by atoms with van der Waals surface area (Å²) in [7, 11) is 48.0. The van der Waals surface area contributed by atoms with E-state index in [1.54, 1.807) is 0 Å². The Morgan fingerprint density at radius 2 is 1.30 bits per heavy atom. The molecule has 352 valence electrons. The van der Waals surface area contributed by atoms with Gasteiger partial charge >= 0.3 is 12.1 Å². The molecule has 61 heavy (non-hydrogen) atoms. The van der Waals surface area contributed by atoms with Gasteiger partial charge in [0.15, 0.2) is 11.7 Å². The number of aliphatic hydroxyl groups is 1. The third kappa shape index (κ3) is 14.7. The molecule has 1 N–H and O–H groups in total. The largest absolute Gasteiger partial charge is 0.511 e. The van der Waals surface area contributed by atoms with E-state index in [4.69, 9.17) is 27.8 Å². The van der Waals surface area contributed by atoms with Gasteiger partial charge in [0.05, 0.1) is 59.5 Å². The van der Waals surface area contributed by atoms with E-state index in [2.05, 4.69) is 171 Å². The molecule has 1 heterocycles. The van der Waals surface area contributed by atoms with Gasteiger partial charge in [0.1, 0.15) is 5.76 Å². The number of ether oxygens (including phenoxy) is 3. The molecule has 39 heteroatoms. The number of hydrogen-bond acceptors (Lipinski definition) is 9. The highest BCUT2D eigenvalue weighted by Gasteiger charge is 2.73. The molecule has 0 aromatic rings. The molecule has 4 rings (SSSR count). The van der Waals surface area contributed by atoms with E-state index >= 15 is 0 Å². The molecule has 28 atom stereocenters. The molecule has 0 aromatic carbocycles. The number of aliphatic hydroxyl groups excluding tert-OH is 1. The van der Waals surface area contributed by atoms with E-state index in [-0.39, 0.29) is 17.8 Å². The van der Waals surface area contributed by atoms with Gasteiger partial charge in [-0.05, 0) is 73.4 Å². The van der Waals surface area contributed by atoms with Crippen molar-refractivity contribution in [2.45, 2.75) is 77.0 Å². The third-order valence-electron chi connectivity index (χ3n) is 10.9. The van der Waals surface area contributed by atoms with Crippen molar-refractivity contribution in [2.24, 2.45) is 16.7 Å². The van der Waals surface area contributed by atoms with Crippen molar-refractivity contribution in [3.05, 3.63) is 22.5 Å². The van der Waals surface area contributed by atoms with Crippen molar-refractivity contribution in [2.75, 3.05) is 7.11 Å². The molecule has 1 saturated carbocycles. The zero-order valence-electron chi connectivity index (χ0n) is 33.8.